The van der Waals surface area contributed by atoms with Crippen molar-refractivity contribution in [2.75, 3.05) is 31.2 Å². The van der Waals surface area contributed by atoms with Crippen molar-refractivity contribution in [2.45, 2.75) is 0 Å². The number of aryl methyl sites for hydroxylation is 1. The Balaban J connectivity index is 1.95. The second kappa shape index (κ2) is 4.99. The number of ether oxygens (including phenoxy) is 1. The molecule has 0 spiro atoms. The van der Waals surface area contributed by atoms with Gasteiger partial charge in [-0.3, -0.25) is 0 Å². The Morgan fingerprint density at radius 2 is 2.17 bits per heavy atom. The number of rotatable bonds is 2. The van der Waals surface area contributed by atoms with E-state index in [4.69, 9.17) is 4.74 Å². The summed E-state index contributed by atoms with van der Waals surface area (Å²) in [4.78, 5) is 2.25. The van der Waals surface area contributed by atoms with Crippen LogP contribution in [0.1, 0.15) is 0 Å². The first-order chi connectivity index (χ1) is 8.84. The van der Waals surface area contributed by atoms with Crippen LogP contribution in [0, 0.1) is 0 Å². The fourth-order valence-electron chi connectivity index (χ4n) is 2.08. The Kier molecular flexibility index (Phi) is 3.21. The van der Waals surface area contributed by atoms with Gasteiger partial charge in [0.1, 0.15) is 12.7 Å². The number of aromatic nitrogens is 3. The minimum atomic E-state index is 0.763. The third kappa shape index (κ3) is 2.21. The van der Waals surface area contributed by atoms with E-state index in [1.807, 2.05) is 23.9 Å². The van der Waals surface area contributed by atoms with Crippen LogP contribution in [-0.2, 0) is 11.8 Å². The van der Waals surface area contributed by atoms with E-state index >= 15 is 0 Å². The largest absolute Gasteiger partial charge is 0.378 e. The van der Waals surface area contributed by atoms with Crippen molar-refractivity contribution in [1.29, 1.82) is 0 Å². The van der Waals surface area contributed by atoms with E-state index in [9.17, 15) is 0 Å². The van der Waals surface area contributed by atoms with Crippen molar-refractivity contribution in [3.05, 3.63) is 24.5 Å². The number of morpholine rings is 1. The SMILES string of the molecule is C[n+]1cccc(-c2nsnc2N2CCOCC2)c1. The molecule has 2 aromatic heterocycles. The highest BCUT2D eigenvalue weighted by molar-refractivity contribution is 6.99. The highest BCUT2D eigenvalue weighted by Crippen LogP contribution is 2.28. The van der Waals surface area contributed by atoms with Crippen LogP contribution in [0.25, 0.3) is 11.3 Å². The molecule has 0 N–H and O–H groups in total. The summed E-state index contributed by atoms with van der Waals surface area (Å²) in [6.45, 7) is 3.30. The Bertz CT molecular complexity index is 536. The molecule has 0 radical (unpaired) electrons. The molecular weight excluding hydrogens is 248 g/mol. The predicted molar refractivity (Wildman–Crippen MR) is 69.6 cm³/mol. The number of nitrogens with zero attached hydrogens (tertiary/aromatic N) is 4. The van der Waals surface area contributed by atoms with Crippen molar-refractivity contribution in [3.8, 4) is 11.3 Å². The normalized spacial score (nSPS) is 15.9. The molecule has 0 amide bonds. The van der Waals surface area contributed by atoms with E-state index in [0.29, 0.717) is 0 Å². The first-order valence-electron chi connectivity index (χ1n) is 5.95. The van der Waals surface area contributed by atoms with Gasteiger partial charge in [-0.1, -0.05) is 0 Å². The molecule has 2 aromatic rings. The molecule has 0 saturated carbocycles. The van der Waals surface area contributed by atoms with E-state index in [1.54, 1.807) is 0 Å². The molecule has 1 fully saturated rings. The number of hydrogen-bond acceptors (Lipinski definition) is 5. The Labute approximate surface area is 110 Å². The summed E-state index contributed by atoms with van der Waals surface area (Å²) in [5.41, 5.74) is 2.08. The summed E-state index contributed by atoms with van der Waals surface area (Å²) in [5, 5.41) is 0. The minimum absolute atomic E-state index is 0.763. The standard InChI is InChI=1S/C12H15N4OS/c1-15-4-2-3-10(9-15)11-12(14-18-13-11)16-5-7-17-8-6-16/h2-4,9H,5-8H2,1H3/q+1. The number of hydrogen-bond donors (Lipinski definition) is 0. The minimum Gasteiger partial charge on any atom is -0.378 e. The molecule has 0 aromatic carbocycles. The van der Waals surface area contributed by atoms with Crippen LogP contribution in [0.4, 0.5) is 5.82 Å². The van der Waals surface area contributed by atoms with Crippen LogP contribution in [-0.4, -0.2) is 35.1 Å². The summed E-state index contributed by atoms with van der Waals surface area (Å²) < 4.78 is 16.3. The van der Waals surface area contributed by atoms with Gasteiger partial charge < -0.3 is 9.64 Å². The van der Waals surface area contributed by atoms with Crippen molar-refractivity contribution in [2.24, 2.45) is 7.05 Å². The van der Waals surface area contributed by atoms with Gasteiger partial charge in [0, 0.05) is 19.2 Å². The molecule has 3 heterocycles. The predicted octanol–water partition coefficient (Wildman–Crippen LogP) is 0.866. The highest BCUT2D eigenvalue weighted by atomic mass is 32.1. The number of anilines is 1. The number of pyridine rings is 1. The van der Waals surface area contributed by atoms with Crippen LogP contribution in [0.15, 0.2) is 24.5 Å². The lowest BCUT2D eigenvalue weighted by Gasteiger charge is -2.27. The van der Waals surface area contributed by atoms with Gasteiger partial charge in [0.05, 0.1) is 30.5 Å². The van der Waals surface area contributed by atoms with Gasteiger partial charge in [-0.05, 0) is 6.07 Å². The second-order valence-electron chi connectivity index (χ2n) is 4.29. The summed E-state index contributed by atoms with van der Waals surface area (Å²) in [6.07, 6.45) is 4.08. The zero-order chi connectivity index (χ0) is 12.4. The maximum absolute atomic E-state index is 5.37. The van der Waals surface area contributed by atoms with Crippen LogP contribution in [0.5, 0.6) is 0 Å². The van der Waals surface area contributed by atoms with Crippen LogP contribution in [0.3, 0.4) is 0 Å². The van der Waals surface area contributed by atoms with Gasteiger partial charge in [0.2, 0.25) is 0 Å². The molecular formula is C12H15N4OS+. The van der Waals surface area contributed by atoms with Crippen LogP contribution >= 0.6 is 11.7 Å². The molecule has 0 bridgehead atoms. The van der Waals surface area contributed by atoms with Gasteiger partial charge in [0.25, 0.3) is 0 Å². The van der Waals surface area contributed by atoms with Gasteiger partial charge in [0.15, 0.2) is 18.2 Å². The van der Waals surface area contributed by atoms with E-state index in [1.165, 1.54) is 11.7 Å². The maximum Gasteiger partial charge on any atom is 0.178 e. The van der Waals surface area contributed by atoms with Gasteiger partial charge in [-0.15, -0.1) is 0 Å². The first kappa shape index (κ1) is 11.6. The molecule has 0 atom stereocenters. The van der Waals surface area contributed by atoms with Crippen LogP contribution in [0.2, 0.25) is 0 Å². The van der Waals surface area contributed by atoms with Crippen molar-refractivity contribution >= 4 is 17.5 Å². The average molecular weight is 263 g/mol. The van der Waals surface area contributed by atoms with E-state index in [-0.39, 0.29) is 0 Å². The lowest BCUT2D eigenvalue weighted by Crippen LogP contribution is -2.36. The highest BCUT2D eigenvalue weighted by Gasteiger charge is 2.20. The molecule has 1 aliphatic heterocycles. The zero-order valence-corrected chi connectivity index (χ0v) is 11.1. The topological polar surface area (TPSA) is 42.1 Å². The van der Waals surface area contributed by atoms with Gasteiger partial charge in [-0.25, -0.2) is 4.57 Å². The molecule has 3 rings (SSSR count). The summed E-state index contributed by atoms with van der Waals surface area (Å²) >= 11 is 1.27. The Morgan fingerprint density at radius 1 is 1.33 bits per heavy atom. The third-order valence-corrected chi connectivity index (χ3v) is 3.51. The molecule has 1 saturated heterocycles. The summed E-state index contributed by atoms with van der Waals surface area (Å²) in [7, 11) is 2.01. The van der Waals surface area contributed by atoms with Crippen molar-refractivity contribution < 1.29 is 9.30 Å². The van der Waals surface area contributed by atoms with E-state index in [2.05, 4.69) is 25.9 Å². The van der Waals surface area contributed by atoms with Gasteiger partial charge in [-0.2, -0.15) is 8.75 Å². The summed E-state index contributed by atoms with van der Waals surface area (Å²) in [5.74, 6) is 0.981. The van der Waals surface area contributed by atoms with Gasteiger partial charge >= 0.3 is 0 Å². The fraction of sp³-hybridized carbons (Fsp3) is 0.417. The third-order valence-electron chi connectivity index (χ3n) is 2.99. The molecule has 5 nitrogen and oxygen atoms in total. The molecule has 18 heavy (non-hydrogen) atoms. The average Bonchev–Trinajstić information content (AvgIpc) is 2.89. The second-order valence-corrected chi connectivity index (χ2v) is 4.82. The molecule has 0 unspecified atom stereocenters. The zero-order valence-electron chi connectivity index (χ0n) is 10.2. The fourth-order valence-corrected chi connectivity index (χ4v) is 2.67. The quantitative estimate of drug-likeness (QED) is 0.754. The lowest BCUT2D eigenvalue weighted by molar-refractivity contribution is -0.671. The Hall–Kier alpha value is -1.53. The summed E-state index contributed by atoms with van der Waals surface area (Å²) in [6, 6.07) is 4.10. The van der Waals surface area contributed by atoms with E-state index in [0.717, 1.165) is 43.4 Å². The van der Waals surface area contributed by atoms with E-state index < -0.39 is 0 Å². The molecule has 0 aliphatic carbocycles. The molecule has 94 valence electrons. The smallest absolute Gasteiger partial charge is 0.178 e. The molecule has 6 heteroatoms. The Morgan fingerprint density at radius 3 is 2.94 bits per heavy atom. The van der Waals surface area contributed by atoms with Crippen molar-refractivity contribution in [1.82, 2.24) is 8.75 Å². The maximum atomic E-state index is 5.37. The molecule has 1 aliphatic rings. The lowest BCUT2D eigenvalue weighted by atomic mass is 10.2. The van der Waals surface area contributed by atoms with Crippen molar-refractivity contribution in [3.63, 3.8) is 0 Å². The van der Waals surface area contributed by atoms with Crippen LogP contribution < -0.4 is 9.47 Å². The first-order valence-corrected chi connectivity index (χ1v) is 6.68. The monoisotopic (exact) mass is 263 g/mol.